The Morgan fingerprint density at radius 1 is 1.28 bits per heavy atom. The van der Waals surface area contributed by atoms with Crippen molar-refractivity contribution in [1.29, 1.82) is 0 Å². The summed E-state index contributed by atoms with van der Waals surface area (Å²) in [5, 5.41) is 5.96. The van der Waals surface area contributed by atoms with Gasteiger partial charge in [0.15, 0.2) is 0 Å². The highest BCUT2D eigenvalue weighted by Crippen LogP contribution is 2.28. The SMILES string of the molecule is CNCCC(Oc1ccc(Cl)cc1)c1cccs1. The maximum absolute atomic E-state index is 6.03. The van der Waals surface area contributed by atoms with Crippen LogP contribution in [0, 0.1) is 0 Å². The molecule has 1 atom stereocenters. The minimum absolute atomic E-state index is 0.0959. The van der Waals surface area contributed by atoms with Gasteiger partial charge in [0.25, 0.3) is 0 Å². The lowest BCUT2D eigenvalue weighted by molar-refractivity contribution is 0.199. The van der Waals surface area contributed by atoms with Crippen LogP contribution >= 0.6 is 22.9 Å². The van der Waals surface area contributed by atoms with Crippen LogP contribution in [0.15, 0.2) is 41.8 Å². The van der Waals surface area contributed by atoms with E-state index in [1.807, 2.05) is 31.3 Å². The molecule has 0 amide bonds. The number of benzene rings is 1. The maximum atomic E-state index is 6.03. The van der Waals surface area contributed by atoms with E-state index in [0.29, 0.717) is 0 Å². The van der Waals surface area contributed by atoms with Crippen LogP contribution < -0.4 is 10.1 Å². The van der Waals surface area contributed by atoms with Gasteiger partial charge in [-0.2, -0.15) is 0 Å². The molecule has 0 fully saturated rings. The quantitative estimate of drug-likeness (QED) is 0.859. The topological polar surface area (TPSA) is 21.3 Å². The van der Waals surface area contributed by atoms with Crippen LogP contribution in [0.5, 0.6) is 5.75 Å². The van der Waals surface area contributed by atoms with Crippen LogP contribution in [-0.4, -0.2) is 13.6 Å². The number of hydrogen-bond acceptors (Lipinski definition) is 3. The van der Waals surface area contributed by atoms with E-state index in [4.69, 9.17) is 16.3 Å². The van der Waals surface area contributed by atoms with Crippen molar-refractivity contribution in [3.8, 4) is 5.75 Å². The van der Waals surface area contributed by atoms with Crippen molar-refractivity contribution in [2.24, 2.45) is 0 Å². The Kier molecular flexibility index (Phi) is 5.05. The molecule has 2 aromatic rings. The number of hydrogen-bond donors (Lipinski definition) is 1. The lowest BCUT2D eigenvalue weighted by Crippen LogP contribution is -2.15. The van der Waals surface area contributed by atoms with Gasteiger partial charge in [0.2, 0.25) is 0 Å². The van der Waals surface area contributed by atoms with E-state index in [0.717, 1.165) is 23.7 Å². The van der Waals surface area contributed by atoms with Crippen molar-refractivity contribution in [1.82, 2.24) is 5.32 Å². The summed E-state index contributed by atoms with van der Waals surface area (Å²) in [6.45, 7) is 0.927. The molecule has 2 rings (SSSR count). The zero-order valence-electron chi connectivity index (χ0n) is 10.2. The standard InChI is InChI=1S/C14H16ClNOS/c1-16-9-8-13(14-3-2-10-18-14)17-12-6-4-11(15)5-7-12/h2-7,10,13,16H,8-9H2,1H3. The third kappa shape index (κ3) is 3.73. The molecule has 1 unspecified atom stereocenters. The van der Waals surface area contributed by atoms with E-state index in [1.54, 1.807) is 11.3 Å². The molecule has 4 heteroatoms. The summed E-state index contributed by atoms with van der Waals surface area (Å²) < 4.78 is 6.03. The van der Waals surface area contributed by atoms with E-state index in [1.165, 1.54) is 4.88 Å². The lowest BCUT2D eigenvalue weighted by Gasteiger charge is -2.18. The number of halogens is 1. The number of rotatable bonds is 6. The molecule has 18 heavy (non-hydrogen) atoms. The van der Waals surface area contributed by atoms with Gasteiger partial charge in [-0.3, -0.25) is 0 Å². The minimum Gasteiger partial charge on any atom is -0.485 e. The predicted molar refractivity (Wildman–Crippen MR) is 77.7 cm³/mol. The fourth-order valence-electron chi connectivity index (χ4n) is 1.69. The van der Waals surface area contributed by atoms with Gasteiger partial charge in [0, 0.05) is 16.3 Å². The summed E-state index contributed by atoms with van der Waals surface area (Å²) in [6, 6.07) is 11.7. The van der Waals surface area contributed by atoms with Crippen LogP contribution in [-0.2, 0) is 0 Å². The molecule has 0 saturated carbocycles. The van der Waals surface area contributed by atoms with Crippen LogP contribution in [0.25, 0.3) is 0 Å². The largest absolute Gasteiger partial charge is 0.485 e. The molecule has 0 aliphatic carbocycles. The molecular formula is C14H16ClNOS. The summed E-state index contributed by atoms with van der Waals surface area (Å²) in [5.74, 6) is 0.855. The first-order valence-corrected chi connectivity index (χ1v) is 7.15. The minimum atomic E-state index is 0.0959. The molecule has 0 aliphatic rings. The Morgan fingerprint density at radius 3 is 2.67 bits per heavy atom. The van der Waals surface area contributed by atoms with Gasteiger partial charge in [-0.15, -0.1) is 11.3 Å². The molecule has 1 aromatic carbocycles. The zero-order chi connectivity index (χ0) is 12.8. The summed E-state index contributed by atoms with van der Waals surface area (Å²) >= 11 is 7.59. The van der Waals surface area contributed by atoms with E-state index < -0.39 is 0 Å². The number of ether oxygens (including phenoxy) is 1. The number of thiophene rings is 1. The van der Waals surface area contributed by atoms with Crippen LogP contribution in [0.3, 0.4) is 0 Å². The smallest absolute Gasteiger partial charge is 0.134 e. The normalized spacial score (nSPS) is 12.3. The van der Waals surface area contributed by atoms with Crippen LogP contribution in [0.1, 0.15) is 17.4 Å². The highest BCUT2D eigenvalue weighted by Gasteiger charge is 2.13. The first kappa shape index (κ1) is 13.4. The second-order valence-corrected chi connectivity index (χ2v) is 5.38. The van der Waals surface area contributed by atoms with E-state index in [-0.39, 0.29) is 6.10 Å². The average Bonchev–Trinajstić information content (AvgIpc) is 2.90. The first-order chi connectivity index (χ1) is 8.79. The van der Waals surface area contributed by atoms with Crippen molar-refractivity contribution in [2.75, 3.05) is 13.6 Å². The zero-order valence-corrected chi connectivity index (χ0v) is 11.8. The van der Waals surface area contributed by atoms with Crippen molar-refractivity contribution < 1.29 is 4.74 Å². The predicted octanol–water partition coefficient (Wildman–Crippen LogP) is 4.13. The molecular weight excluding hydrogens is 266 g/mol. The molecule has 1 heterocycles. The highest BCUT2D eigenvalue weighted by molar-refractivity contribution is 7.10. The van der Waals surface area contributed by atoms with Gasteiger partial charge in [0.1, 0.15) is 11.9 Å². The summed E-state index contributed by atoms with van der Waals surface area (Å²) in [5.41, 5.74) is 0. The third-order valence-electron chi connectivity index (χ3n) is 2.61. The molecule has 1 N–H and O–H groups in total. The van der Waals surface area contributed by atoms with Crippen LogP contribution in [0.4, 0.5) is 0 Å². The molecule has 2 nitrogen and oxygen atoms in total. The third-order valence-corrected chi connectivity index (χ3v) is 3.83. The van der Waals surface area contributed by atoms with Gasteiger partial charge in [-0.05, 0) is 49.3 Å². The molecule has 1 aromatic heterocycles. The van der Waals surface area contributed by atoms with Crippen molar-refractivity contribution in [2.45, 2.75) is 12.5 Å². The molecule has 0 saturated heterocycles. The lowest BCUT2D eigenvalue weighted by atomic mass is 10.2. The summed E-state index contributed by atoms with van der Waals surface area (Å²) in [6.07, 6.45) is 1.04. The second kappa shape index (κ2) is 6.78. The van der Waals surface area contributed by atoms with Crippen LogP contribution in [0.2, 0.25) is 5.02 Å². The molecule has 0 bridgehead atoms. The Hall–Kier alpha value is -1.03. The fourth-order valence-corrected chi connectivity index (χ4v) is 2.60. The Labute approximate surface area is 117 Å². The Bertz CT molecular complexity index is 455. The van der Waals surface area contributed by atoms with Gasteiger partial charge in [-0.1, -0.05) is 17.7 Å². The fraction of sp³-hybridized carbons (Fsp3) is 0.286. The number of nitrogens with one attached hydrogen (secondary N) is 1. The van der Waals surface area contributed by atoms with E-state index >= 15 is 0 Å². The van der Waals surface area contributed by atoms with E-state index in [2.05, 4.69) is 22.8 Å². The molecule has 0 spiro atoms. The maximum Gasteiger partial charge on any atom is 0.134 e. The highest BCUT2D eigenvalue weighted by atomic mass is 35.5. The van der Waals surface area contributed by atoms with Gasteiger partial charge < -0.3 is 10.1 Å². The van der Waals surface area contributed by atoms with Gasteiger partial charge >= 0.3 is 0 Å². The second-order valence-electron chi connectivity index (χ2n) is 3.97. The van der Waals surface area contributed by atoms with Gasteiger partial charge in [-0.25, -0.2) is 0 Å². The monoisotopic (exact) mass is 281 g/mol. The average molecular weight is 282 g/mol. The molecule has 0 radical (unpaired) electrons. The molecule has 96 valence electrons. The van der Waals surface area contributed by atoms with E-state index in [9.17, 15) is 0 Å². The Morgan fingerprint density at radius 2 is 2.06 bits per heavy atom. The Balaban J connectivity index is 2.07. The van der Waals surface area contributed by atoms with Crippen molar-refractivity contribution >= 4 is 22.9 Å². The first-order valence-electron chi connectivity index (χ1n) is 5.90. The summed E-state index contributed by atoms with van der Waals surface area (Å²) in [4.78, 5) is 1.25. The van der Waals surface area contributed by atoms with Crippen molar-refractivity contribution in [3.05, 3.63) is 51.7 Å². The molecule has 0 aliphatic heterocycles. The van der Waals surface area contributed by atoms with Crippen molar-refractivity contribution in [3.63, 3.8) is 0 Å². The van der Waals surface area contributed by atoms with Gasteiger partial charge in [0.05, 0.1) is 0 Å². The summed E-state index contributed by atoms with van der Waals surface area (Å²) in [7, 11) is 1.95.